The molecular weight excluding hydrogens is 414 g/mol. The molecule has 0 spiro atoms. The zero-order valence-electron chi connectivity index (χ0n) is 18.1. The molecule has 5 rings (SSSR count). The van der Waals surface area contributed by atoms with Crippen molar-refractivity contribution in [3.63, 3.8) is 0 Å². The van der Waals surface area contributed by atoms with E-state index < -0.39 is 0 Å². The third-order valence-corrected chi connectivity index (χ3v) is 7.21. The minimum atomic E-state index is -0.182. The van der Waals surface area contributed by atoms with E-state index in [9.17, 15) is 9.59 Å². The lowest BCUT2D eigenvalue weighted by molar-refractivity contribution is 0.0990. The molecule has 3 nitrogen and oxygen atoms in total. The van der Waals surface area contributed by atoms with Gasteiger partial charge in [0.05, 0.1) is 16.9 Å². The molecule has 32 heavy (non-hydrogen) atoms. The Morgan fingerprint density at radius 2 is 1.47 bits per heavy atom. The first-order valence-electron chi connectivity index (χ1n) is 11.3. The number of hydrogen-bond acceptors (Lipinski definition) is 4. The van der Waals surface area contributed by atoms with Crippen molar-refractivity contribution in [2.75, 3.05) is 11.4 Å². The molecule has 0 radical (unpaired) electrons. The molecule has 0 fully saturated rings. The molecule has 0 amide bonds. The van der Waals surface area contributed by atoms with Crippen molar-refractivity contribution in [3.05, 3.63) is 89.0 Å². The number of fused-ring (bicyclic) bond motifs is 3. The number of Topliss-reactive ketones (excluding diaryl/α,β-unsaturated/α-hetero) is 2. The summed E-state index contributed by atoms with van der Waals surface area (Å²) in [6.07, 6.45) is 6.61. The molecular formula is C28H25NO2S. The predicted molar refractivity (Wildman–Crippen MR) is 131 cm³/mol. The molecule has 2 aliphatic rings. The summed E-state index contributed by atoms with van der Waals surface area (Å²) in [7, 11) is 0. The predicted octanol–water partition coefficient (Wildman–Crippen LogP) is 7.33. The summed E-state index contributed by atoms with van der Waals surface area (Å²) < 4.78 is 0. The van der Waals surface area contributed by atoms with Crippen molar-refractivity contribution in [3.8, 4) is 0 Å². The number of hydrogen-bond donors (Lipinski definition) is 0. The molecule has 1 heterocycles. The van der Waals surface area contributed by atoms with Crippen LogP contribution in [0.15, 0.2) is 82.1 Å². The number of unbranched alkanes of at least 4 members (excludes halogenated alkanes) is 3. The van der Waals surface area contributed by atoms with Gasteiger partial charge in [-0.3, -0.25) is 9.59 Å². The Bertz CT molecular complexity index is 1210. The largest absolute Gasteiger partial charge is 0.340 e. The van der Waals surface area contributed by atoms with Gasteiger partial charge in [-0.1, -0.05) is 80.4 Å². The van der Waals surface area contributed by atoms with Gasteiger partial charge in [0.25, 0.3) is 0 Å². The Hall–Kier alpha value is -3.11. The van der Waals surface area contributed by atoms with Crippen LogP contribution in [0.3, 0.4) is 0 Å². The maximum absolute atomic E-state index is 12.8. The lowest BCUT2D eigenvalue weighted by Crippen LogP contribution is -2.22. The minimum absolute atomic E-state index is 0.182. The number of rotatable bonds is 6. The van der Waals surface area contributed by atoms with Crippen LogP contribution in [-0.4, -0.2) is 18.1 Å². The summed E-state index contributed by atoms with van der Waals surface area (Å²) in [5.74, 6) is -0.363. The summed E-state index contributed by atoms with van der Waals surface area (Å²) in [6.45, 7) is 3.22. The first kappa shape index (κ1) is 20.8. The maximum atomic E-state index is 12.8. The fraction of sp³-hybridized carbons (Fsp3) is 0.214. The number of anilines is 2. The van der Waals surface area contributed by atoms with Crippen molar-refractivity contribution in [1.29, 1.82) is 0 Å². The average Bonchev–Trinajstić information content (AvgIpc) is 3.06. The van der Waals surface area contributed by atoms with E-state index in [4.69, 9.17) is 0 Å². The van der Waals surface area contributed by atoms with Gasteiger partial charge in [-0.05, 0) is 42.3 Å². The molecule has 0 bridgehead atoms. The first-order valence-corrected chi connectivity index (χ1v) is 12.1. The molecule has 0 saturated carbocycles. The SMILES string of the molecule is CCCCCCN1c2ccccc2Sc2cc(C=C3C(=O)c4ccccc4C3=O)ccc21. The van der Waals surface area contributed by atoms with E-state index in [0.717, 1.165) is 23.4 Å². The number of carbonyl (C=O) groups excluding carboxylic acids is 2. The quantitative estimate of drug-likeness (QED) is 0.229. The molecule has 0 aromatic heterocycles. The van der Waals surface area contributed by atoms with Gasteiger partial charge in [0, 0.05) is 27.5 Å². The van der Waals surface area contributed by atoms with Gasteiger partial charge in [-0.15, -0.1) is 0 Å². The van der Waals surface area contributed by atoms with E-state index in [1.54, 1.807) is 42.1 Å². The molecule has 0 N–H and O–H groups in total. The average molecular weight is 440 g/mol. The zero-order valence-corrected chi connectivity index (χ0v) is 19.0. The monoisotopic (exact) mass is 439 g/mol. The molecule has 4 heteroatoms. The number of para-hydroxylation sites is 1. The van der Waals surface area contributed by atoms with E-state index in [1.165, 1.54) is 35.5 Å². The number of nitrogens with zero attached hydrogens (tertiary/aromatic N) is 1. The second-order valence-corrected chi connectivity index (χ2v) is 9.35. The molecule has 0 atom stereocenters. The molecule has 160 valence electrons. The summed E-state index contributed by atoms with van der Waals surface area (Å²) in [6, 6.07) is 21.8. The van der Waals surface area contributed by atoms with Crippen LogP contribution in [0.5, 0.6) is 0 Å². The van der Waals surface area contributed by atoms with Crippen LogP contribution in [0.2, 0.25) is 0 Å². The van der Waals surface area contributed by atoms with Crippen molar-refractivity contribution in [2.45, 2.75) is 42.4 Å². The summed E-state index contributed by atoms with van der Waals surface area (Å²) in [4.78, 5) is 30.4. The standard InChI is InChI=1S/C28H25NO2S/c1-2-3-4-9-16-29-23-12-7-8-13-25(23)32-26-18-19(14-15-24(26)29)17-22-27(30)20-10-5-6-11-21(20)28(22)31/h5-8,10-15,17-18H,2-4,9,16H2,1H3. The fourth-order valence-corrected chi connectivity index (χ4v) is 5.59. The van der Waals surface area contributed by atoms with Crippen molar-refractivity contribution in [2.24, 2.45) is 0 Å². The topological polar surface area (TPSA) is 37.4 Å². The number of allylic oxidation sites excluding steroid dienone is 1. The summed E-state index contributed by atoms with van der Waals surface area (Å²) in [5, 5.41) is 0. The van der Waals surface area contributed by atoms with Crippen LogP contribution in [0.1, 0.15) is 58.9 Å². The van der Waals surface area contributed by atoms with Crippen LogP contribution < -0.4 is 4.90 Å². The number of benzene rings is 3. The van der Waals surface area contributed by atoms with E-state index in [0.29, 0.717) is 11.1 Å². The van der Waals surface area contributed by atoms with E-state index in [-0.39, 0.29) is 17.1 Å². The smallest absolute Gasteiger partial charge is 0.197 e. The third kappa shape index (κ3) is 3.69. The Morgan fingerprint density at radius 3 is 2.22 bits per heavy atom. The van der Waals surface area contributed by atoms with Gasteiger partial charge < -0.3 is 4.90 Å². The van der Waals surface area contributed by atoms with Gasteiger partial charge in [0.1, 0.15) is 0 Å². The summed E-state index contributed by atoms with van der Waals surface area (Å²) >= 11 is 1.75. The Labute approximate surface area is 193 Å². The van der Waals surface area contributed by atoms with Crippen LogP contribution in [-0.2, 0) is 0 Å². The lowest BCUT2D eigenvalue weighted by atomic mass is 10.1. The third-order valence-electron chi connectivity index (χ3n) is 6.10. The highest BCUT2D eigenvalue weighted by Crippen LogP contribution is 2.48. The Balaban J connectivity index is 1.48. The van der Waals surface area contributed by atoms with E-state index in [1.807, 2.05) is 6.07 Å². The van der Waals surface area contributed by atoms with E-state index >= 15 is 0 Å². The van der Waals surface area contributed by atoms with Gasteiger partial charge in [-0.25, -0.2) is 0 Å². The molecule has 3 aromatic carbocycles. The van der Waals surface area contributed by atoms with Gasteiger partial charge in [0.15, 0.2) is 11.6 Å². The lowest BCUT2D eigenvalue weighted by Gasteiger charge is -2.33. The summed E-state index contributed by atoms with van der Waals surface area (Å²) in [5.41, 5.74) is 4.59. The number of carbonyl (C=O) groups is 2. The van der Waals surface area contributed by atoms with Crippen LogP contribution in [0.25, 0.3) is 6.08 Å². The van der Waals surface area contributed by atoms with Gasteiger partial charge in [-0.2, -0.15) is 0 Å². The number of ketones is 2. The normalized spacial score (nSPS) is 14.3. The molecule has 1 aliphatic heterocycles. The van der Waals surface area contributed by atoms with E-state index in [2.05, 4.69) is 48.2 Å². The highest BCUT2D eigenvalue weighted by Gasteiger charge is 2.32. The molecule has 1 aliphatic carbocycles. The molecule has 0 saturated heterocycles. The van der Waals surface area contributed by atoms with Crippen molar-refractivity contribution in [1.82, 2.24) is 0 Å². The second-order valence-electron chi connectivity index (χ2n) is 8.27. The Kier molecular flexibility index (Phi) is 5.71. The molecule has 3 aromatic rings. The molecule has 0 unspecified atom stereocenters. The second kappa shape index (κ2) is 8.79. The minimum Gasteiger partial charge on any atom is -0.340 e. The van der Waals surface area contributed by atoms with Crippen molar-refractivity contribution >= 4 is 40.8 Å². The van der Waals surface area contributed by atoms with Crippen molar-refractivity contribution < 1.29 is 9.59 Å². The highest BCUT2D eigenvalue weighted by molar-refractivity contribution is 7.99. The highest BCUT2D eigenvalue weighted by atomic mass is 32.2. The van der Waals surface area contributed by atoms with Crippen LogP contribution >= 0.6 is 11.8 Å². The van der Waals surface area contributed by atoms with Crippen LogP contribution in [0, 0.1) is 0 Å². The first-order chi connectivity index (χ1) is 15.7. The zero-order chi connectivity index (χ0) is 22.1. The van der Waals surface area contributed by atoms with Gasteiger partial charge in [0.2, 0.25) is 0 Å². The fourth-order valence-electron chi connectivity index (χ4n) is 4.45. The Morgan fingerprint density at radius 1 is 0.781 bits per heavy atom. The van der Waals surface area contributed by atoms with Crippen LogP contribution in [0.4, 0.5) is 11.4 Å². The van der Waals surface area contributed by atoms with Gasteiger partial charge >= 0.3 is 0 Å². The maximum Gasteiger partial charge on any atom is 0.197 e.